The van der Waals surface area contributed by atoms with Crippen molar-refractivity contribution in [2.45, 2.75) is 38.2 Å². The van der Waals surface area contributed by atoms with Gasteiger partial charge in [-0.3, -0.25) is 19.2 Å². The molecule has 1 saturated heterocycles. The predicted octanol–water partition coefficient (Wildman–Crippen LogP) is 2.12. The van der Waals surface area contributed by atoms with Crippen molar-refractivity contribution in [1.29, 1.82) is 0 Å². The number of hydrogen-bond donors (Lipinski definition) is 1. The Morgan fingerprint density at radius 1 is 1.03 bits per heavy atom. The van der Waals surface area contributed by atoms with Crippen molar-refractivity contribution in [2.75, 3.05) is 32.7 Å². The van der Waals surface area contributed by atoms with Crippen LogP contribution in [0.1, 0.15) is 31.2 Å². The molecule has 176 valence electrons. The van der Waals surface area contributed by atoms with Gasteiger partial charge in [-0.15, -0.1) is 0 Å². The Bertz CT molecular complexity index is 1230. The molecule has 0 atom stereocenters. The van der Waals surface area contributed by atoms with E-state index in [1.165, 1.54) is 16.8 Å². The van der Waals surface area contributed by atoms with Crippen LogP contribution in [0.3, 0.4) is 0 Å². The van der Waals surface area contributed by atoms with Gasteiger partial charge in [-0.05, 0) is 36.5 Å². The van der Waals surface area contributed by atoms with E-state index in [9.17, 15) is 18.4 Å². The number of aromatic amines is 1. The van der Waals surface area contributed by atoms with Gasteiger partial charge in [-0.1, -0.05) is 0 Å². The van der Waals surface area contributed by atoms with Crippen molar-refractivity contribution in [3.8, 4) is 5.69 Å². The normalized spacial score (nSPS) is 20.4. The maximum Gasteiger partial charge on any atom is 0.333 e. The quantitative estimate of drug-likeness (QED) is 0.634. The third-order valence-corrected chi connectivity index (χ3v) is 6.87. The fourth-order valence-corrected chi connectivity index (χ4v) is 4.94. The molecule has 4 heterocycles. The summed E-state index contributed by atoms with van der Waals surface area (Å²) in [5.74, 6) is -2.08. The zero-order valence-electron chi connectivity index (χ0n) is 18.4. The van der Waals surface area contributed by atoms with Gasteiger partial charge >= 0.3 is 5.69 Å². The number of pyridine rings is 1. The van der Waals surface area contributed by atoms with E-state index < -0.39 is 17.2 Å². The minimum absolute atomic E-state index is 0.0296. The first-order valence-corrected chi connectivity index (χ1v) is 11.5. The van der Waals surface area contributed by atoms with Gasteiger partial charge in [0.1, 0.15) is 0 Å². The second-order valence-corrected chi connectivity index (χ2v) is 9.25. The lowest BCUT2D eigenvalue weighted by Crippen LogP contribution is -2.47. The molecule has 3 aromatic rings. The van der Waals surface area contributed by atoms with Crippen LogP contribution < -0.4 is 11.2 Å². The van der Waals surface area contributed by atoms with Crippen LogP contribution in [0.5, 0.6) is 0 Å². The second-order valence-electron chi connectivity index (χ2n) is 9.25. The molecule has 8 nitrogen and oxygen atoms in total. The highest BCUT2D eigenvalue weighted by Gasteiger charge is 2.35. The van der Waals surface area contributed by atoms with Crippen LogP contribution in [0.25, 0.3) is 11.2 Å². The van der Waals surface area contributed by atoms with E-state index in [2.05, 4.69) is 19.9 Å². The molecule has 0 unspecified atom stereocenters. The van der Waals surface area contributed by atoms with E-state index in [1.807, 2.05) is 18.3 Å². The summed E-state index contributed by atoms with van der Waals surface area (Å²) in [6.07, 6.45) is 6.25. The van der Waals surface area contributed by atoms with E-state index in [1.54, 1.807) is 10.7 Å². The molecule has 0 bridgehead atoms. The molecule has 1 aliphatic carbocycles. The number of rotatable bonds is 5. The Labute approximate surface area is 189 Å². The first-order chi connectivity index (χ1) is 15.9. The monoisotopic (exact) mass is 458 g/mol. The number of nitrogens with zero attached hydrogens (tertiary/aromatic N) is 5. The highest BCUT2D eigenvalue weighted by Crippen LogP contribution is 2.36. The van der Waals surface area contributed by atoms with Crippen LogP contribution >= 0.6 is 0 Å². The summed E-state index contributed by atoms with van der Waals surface area (Å²) in [6.45, 7) is 5.45. The Balaban J connectivity index is 1.22. The minimum atomic E-state index is -2.46. The maximum atomic E-state index is 13.4. The third kappa shape index (κ3) is 4.91. The lowest BCUT2D eigenvalue weighted by Gasteiger charge is -2.38. The molecule has 1 aliphatic heterocycles. The van der Waals surface area contributed by atoms with Gasteiger partial charge in [-0.25, -0.2) is 18.1 Å². The summed E-state index contributed by atoms with van der Waals surface area (Å²) in [6, 6.07) is 5.36. The van der Waals surface area contributed by atoms with Gasteiger partial charge in [0.15, 0.2) is 0 Å². The van der Waals surface area contributed by atoms with Crippen molar-refractivity contribution >= 4 is 5.52 Å². The van der Waals surface area contributed by atoms with Crippen LogP contribution in [0.2, 0.25) is 0 Å². The first-order valence-electron chi connectivity index (χ1n) is 11.5. The molecular weight excluding hydrogens is 430 g/mol. The molecule has 0 aromatic carbocycles. The molecule has 0 spiro atoms. The largest absolute Gasteiger partial charge is 0.333 e. The number of H-pyrrole nitrogens is 1. The van der Waals surface area contributed by atoms with Gasteiger partial charge < -0.3 is 4.90 Å². The molecule has 5 rings (SSSR count). The van der Waals surface area contributed by atoms with Crippen LogP contribution in [0.4, 0.5) is 8.78 Å². The Morgan fingerprint density at radius 2 is 1.76 bits per heavy atom. The van der Waals surface area contributed by atoms with Crippen molar-refractivity contribution < 1.29 is 8.78 Å². The van der Waals surface area contributed by atoms with Gasteiger partial charge in [0.25, 0.3) is 5.56 Å². The van der Waals surface area contributed by atoms with Crippen LogP contribution in [-0.4, -0.2) is 67.6 Å². The summed E-state index contributed by atoms with van der Waals surface area (Å²) in [7, 11) is 0. The summed E-state index contributed by atoms with van der Waals surface area (Å²) in [4.78, 5) is 30.7. The molecule has 0 amide bonds. The molecular formula is C23H28F2N6O2. The average Bonchev–Trinajstić information content (AvgIpc) is 3.20. The SMILES string of the molecule is O=c1ccn(-c2cnn3ccc(CN4CCN(CC5CCC(F)(F)CC5)CC4)cc23)c(=O)[nH]1. The molecule has 33 heavy (non-hydrogen) atoms. The van der Waals surface area contributed by atoms with E-state index in [4.69, 9.17) is 0 Å². The highest BCUT2D eigenvalue weighted by molar-refractivity contribution is 5.64. The number of halogens is 2. The molecule has 0 radical (unpaired) electrons. The van der Waals surface area contributed by atoms with Crippen LogP contribution in [-0.2, 0) is 6.54 Å². The number of alkyl halides is 2. The Hall–Kier alpha value is -2.85. The van der Waals surface area contributed by atoms with E-state index >= 15 is 0 Å². The molecule has 1 saturated carbocycles. The van der Waals surface area contributed by atoms with E-state index in [0.29, 0.717) is 24.4 Å². The van der Waals surface area contributed by atoms with Gasteiger partial charge in [-0.2, -0.15) is 5.10 Å². The predicted molar refractivity (Wildman–Crippen MR) is 120 cm³/mol. The van der Waals surface area contributed by atoms with E-state index in [0.717, 1.165) is 50.3 Å². The lowest BCUT2D eigenvalue weighted by molar-refractivity contribution is -0.0500. The highest BCUT2D eigenvalue weighted by atomic mass is 19.3. The molecule has 3 aromatic heterocycles. The number of fused-ring (bicyclic) bond motifs is 1. The number of nitrogens with one attached hydrogen (secondary N) is 1. The smallest absolute Gasteiger partial charge is 0.301 e. The topological polar surface area (TPSA) is 78.6 Å². The fourth-order valence-electron chi connectivity index (χ4n) is 4.94. The summed E-state index contributed by atoms with van der Waals surface area (Å²) < 4.78 is 29.9. The number of hydrogen-bond acceptors (Lipinski definition) is 5. The first kappa shape index (κ1) is 22.0. The number of aromatic nitrogens is 4. The standard InChI is InChI=1S/C23H28F2N6O2/c24-23(25)5-1-17(2-6-23)15-28-9-11-29(12-10-28)16-18-3-8-31-19(13-18)20(14-26-31)30-7-4-21(32)27-22(30)33/h3-4,7-8,13-14,17H,1-2,5-6,9-12,15-16H2,(H,27,32,33). The summed E-state index contributed by atoms with van der Waals surface area (Å²) in [5, 5.41) is 4.32. The zero-order valence-corrected chi connectivity index (χ0v) is 18.4. The molecule has 1 N–H and O–H groups in total. The number of piperazine rings is 1. The maximum absolute atomic E-state index is 13.4. The molecule has 10 heteroatoms. The van der Waals surface area contributed by atoms with Crippen LogP contribution in [0.15, 0.2) is 46.4 Å². The summed E-state index contributed by atoms with van der Waals surface area (Å²) >= 11 is 0. The van der Waals surface area contributed by atoms with Gasteiger partial charge in [0.2, 0.25) is 5.92 Å². The van der Waals surface area contributed by atoms with Crippen molar-refractivity contribution in [3.63, 3.8) is 0 Å². The minimum Gasteiger partial charge on any atom is -0.301 e. The Morgan fingerprint density at radius 3 is 2.48 bits per heavy atom. The summed E-state index contributed by atoms with van der Waals surface area (Å²) in [5.41, 5.74) is 1.58. The lowest BCUT2D eigenvalue weighted by atomic mass is 9.86. The fraction of sp³-hybridized carbons (Fsp3) is 0.522. The van der Waals surface area contributed by atoms with E-state index in [-0.39, 0.29) is 12.8 Å². The zero-order chi connectivity index (χ0) is 23.0. The molecule has 2 aliphatic rings. The van der Waals surface area contributed by atoms with Gasteiger partial charge in [0.05, 0.1) is 17.4 Å². The van der Waals surface area contributed by atoms with Crippen molar-refractivity contribution in [1.82, 2.24) is 29.0 Å². The van der Waals surface area contributed by atoms with Crippen LogP contribution in [0, 0.1) is 5.92 Å². The second kappa shape index (κ2) is 8.83. The van der Waals surface area contributed by atoms with Gasteiger partial charge in [0, 0.05) is 70.6 Å². The van der Waals surface area contributed by atoms with Crippen molar-refractivity contribution in [3.05, 3.63) is 63.2 Å². The third-order valence-electron chi connectivity index (χ3n) is 6.87. The molecule has 2 fully saturated rings. The average molecular weight is 459 g/mol. The van der Waals surface area contributed by atoms with Crippen molar-refractivity contribution in [2.24, 2.45) is 5.92 Å². The Kier molecular flexibility index (Phi) is 5.88.